The summed E-state index contributed by atoms with van der Waals surface area (Å²) < 4.78 is 0. The number of aryl methyl sites for hydroxylation is 2. The first kappa shape index (κ1) is 14.5. The van der Waals surface area contributed by atoms with Gasteiger partial charge < -0.3 is 5.73 Å². The predicted molar refractivity (Wildman–Crippen MR) is 82.3 cm³/mol. The van der Waals surface area contributed by atoms with Crippen LogP contribution < -0.4 is 5.73 Å². The Morgan fingerprint density at radius 1 is 1.21 bits per heavy atom. The van der Waals surface area contributed by atoms with Gasteiger partial charge in [0.05, 0.1) is 0 Å². The minimum Gasteiger partial charge on any atom is -0.323 e. The zero-order chi connectivity index (χ0) is 14.0. The molecule has 1 saturated heterocycles. The highest BCUT2D eigenvalue weighted by Crippen LogP contribution is 2.26. The highest BCUT2D eigenvalue weighted by atomic mass is 15.2. The lowest BCUT2D eigenvalue weighted by Gasteiger charge is -2.40. The summed E-state index contributed by atoms with van der Waals surface area (Å²) in [6.07, 6.45) is 3.98. The van der Waals surface area contributed by atoms with Gasteiger partial charge in [-0.2, -0.15) is 0 Å². The molecule has 1 aromatic carbocycles. The van der Waals surface area contributed by atoms with E-state index in [9.17, 15) is 0 Å². The van der Waals surface area contributed by atoms with Gasteiger partial charge in [-0.25, -0.2) is 0 Å². The van der Waals surface area contributed by atoms with Crippen LogP contribution in [0.3, 0.4) is 0 Å². The molecule has 0 aliphatic carbocycles. The highest BCUT2D eigenvalue weighted by molar-refractivity contribution is 5.33. The lowest BCUT2D eigenvalue weighted by molar-refractivity contribution is 0.0961. The van der Waals surface area contributed by atoms with Gasteiger partial charge in [-0.05, 0) is 51.7 Å². The molecule has 2 N–H and O–H groups in total. The Morgan fingerprint density at radius 3 is 2.47 bits per heavy atom. The Bertz CT molecular complexity index is 417. The SMILES string of the molecule is Cc1ccc(C)c(C(N)CN2[C@H](C)CCC[C@@H]2C)c1. The standard InChI is InChI=1S/C17H28N2/c1-12-8-9-13(2)16(10-12)17(18)11-19-14(3)6-5-7-15(19)4/h8-10,14-15,17H,5-7,11,18H2,1-4H3/t14-,15+,17?. The smallest absolute Gasteiger partial charge is 0.0427 e. The first-order chi connectivity index (χ1) is 8.99. The second kappa shape index (κ2) is 6.06. The fourth-order valence-corrected chi connectivity index (χ4v) is 3.32. The lowest BCUT2D eigenvalue weighted by atomic mass is 9.94. The number of hydrogen-bond acceptors (Lipinski definition) is 2. The van der Waals surface area contributed by atoms with E-state index in [1.165, 1.54) is 36.0 Å². The van der Waals surface area contributed by atoms with Gasteiger partial charge in [-0.1, -0.05) is 30.2 Å². The summed E-state index contributed by atoms with van der Waals surface area (Å²) in [6.45, 7) is 9.96. The molecule has 1 unspecified atom stereocenters. The average molecular weight is 260 g/mol. The number of likely N-dealkylation sites (tertiary alicyclic amines) is 1. The number of benzene rings is 1. The number of nitrogens with two attached hydrogens (primary N) is 1. The van der Waals surface area contributed by atoms with Gasteiger partial charge in [0.15, 0.2) is 0 Å². The van der Waals surface area contributed by atoms with Crippen molar-refractivity contribution in [3.05, 3.63) is 34.9 Å². The first-order valence-corrected chi connectivity index (χ1v) is 7.57. The molecule has 0 aromatic heterocycles. The summed E-state index contributed by atoms with van der Waals surface area (Å²) in [5.41, 5.74) is 10.4. The van der Waals surface area contributed by atoms with Crippen molar-refractivity contribution in [1.82, 2.24) is 4.90 Å². The molecule has 1 aliphatic heterocycles. The van der Waals surface area contributed by atoms with E-state index in [4.69, 9.17) is 5.73 Å². The lowest BCUT2D eigenvalue weighted by Crippen LogP contribution is -2.46. The van der Waals surface area contributed by atoms with Gasteiger partial charge in [0, 0.05) is 24.7 Å². The van der Waals surface area contributed by atoms with Crippen molar-refractivity contribution >= 4 is 0 Å². The molecular weight excluding hydrogens is 232 g/mol. The van der Waals surface area contributed by atoms with E-state index in [1.54, 1.807) is 0 Å². The number of nitrogens with zero attached hydrogens (tertiary/aromatic N) is 1. The molecule has 19 heavy (non-hydrogen) atoms. The van der Waals surface area contributed by atoms with Gasteiger partial charge in [-0.15, -0.1) is 0 Å². The van der Waals surface area contributed by atoms with E-state index in [0.29, 0.717) is 12.1 Å². The van der Waals surface area contributed by atoms with Crippen molar-refractivity contribution in [2.75, 3.05) is 6.54 Å². The Kier molecular flexibility index (Phi) is 4.64. The summed E-state index contributed by atoms with van der Waals surface area (Å²) >= 11 is 0. The first-order valence-electron chi connectivity index (χ1n) is 7.57. The van der Waals surface area contributed by atoms with Crippen LogP contribution in [-0.2, 0) is 0 Å². The van der Waals surface area contributed by atoms with E-state index in [-0.39, 0.29) is 6.04 Å². The Balaban J connectivity index is 2.11. The fourth-order valence-electron chi connectivity index (χ4n) is 3.32. The minimum absolute atomic E-state index is 0.128. The maximum Gasteiger partial charge on any atom is 0.0427 e. The topological polar surface area (TPSA) is 29.3 Å². The van der Waals surface area contributed by atoms with Crippen LogP contribution in [-0.4, -0.2) is 23.5 Å². The molecule has 0 spiro atoms. The van der Waals surface area contributed by atoms with Crippen molar-refractivity contribution in [3.8, 4) is 0 Å². The zero-order valence-corrected chi connectivity index (χ0v) is 12.8. The van der Waals surface area contributed by atoms with Gasteiger partial charge >= 0.3 is 0 Å². The fraction of sp³-hybridized carbons (Fsp3) is 0.647. The van der Waals surface area contributed by atoms with Crippen LogP contribution in [0.25, 0.3) is 0 Å². The van der Waals surface area contributed by atoms with E-state index < -0.39 is 0 Å². The number of hydrogen-bond donors (Lipinski definition) is 1. The Labute approximate surface area is 118 Å². The third kappa shape index (κ3) is 3.37. The predicted octanol–water partition coefficient (Wildman–Crippen LogP) is 3.57. The van der Waals surface area contributed by atoms with Crippen LogP contribution in [0.1, 0.15) is 55.8 Å². The largest absolute Gasteiger partial charge is 0.323 e. The second-order valence-electron chi connectivity index (χ2n) is 6.29. The van der Waals surface area contributed by atoms with Gasteiger partial charge in [0.2, 0.25) is 0 Å². The maximum atomic E-state index is 6.48. The molecule has 1 aliphatic rings. The molecule has 2 rings (SSSR count). The summed E-state index contributed by atoms with van der Waals surface area (Å²) in [6, 6.07) is 8.06. The van der Waals surface area contributed by atoms with Crippen LogP contribution in [0.2, 0.25) is 0 Å². The molecule has 2 heteroatoms. The van der Waals surface area contributed by atoms with Crippen LogP contribution in [0.5, 0.6) is 0 Å². The van der Waals surface area contributed by atoms with Gasteiger partial charge in [0.25, 0.3) is 0 Å². The summed E-state index contributed by atoms with van der Waals surface area (Å²) in [4.78, 5) is 2.59. The third-order valence-electron chi connectivity index (χ3n) is 4.62. The third-order valence-corrected chi connectivity index (χ3v) is 4.62. The maximum absolute atomic E-state index is 6.48. The Morgan fingerprint density at radius 2 is 1.84 bits per heavy atom. The van der Waals surface area contributed by atoms with Crippen LogP contribution >= 0.6 is 0 Å². The normalized spacial score (nSPS) is 26.4. The van der Waals surface area contributed by atoms with Gasteiger partial charge in [0.1, 0.15) is 0 Å². The molecule has 0 amide bonds. The molecular formula is C17H28N2. The minimum atomic E-state index is 0.128. The van der Waals surface area contributed by atoms with Crippen molar-refractivity contribution < 1.29 is 0 Å². The van der Waals surface area contributed by atoms with E-state index in [0.717, 1.165) is 6.54 Å². The van der Waals surface area contributed by atoms with Crippen LogP contribution in [0, 0.1) is 13.8 Å². The molecule has 0 bridgehead atoms. The highest BCUT2D eigenvalue weighted by Gasteiger charge is 2.26. The van der Waals surface area contributed by atoms with Crippen LogP contribution in [0.4, 0.5) is 0 Å². The molecule has 106 valence electrons. The Hall–Kier alpha value is -0.860. The molecule has 0 radical (unpaired) electrons. The molecule has 0 saturated carbocycles. The quantitative estimate of drug-likeness (QED) is 0.900. The second-order valence-corrected chi connectivity index (χ2v) is 6.29. The van der Waals surface area contributed by atoms with E-state index in [2.05, 4.69) is 50.8 Å². The molecule has 1 aromatic rings. The molecule has 1 heterocycles. The summed E-state index contributed by atoms with van der Waals surface area (Å²) in [5.74, 6) is 0. The van der Waals surface area contributed by atoms with Crippen LogP contribution in [0.15, 0.2) is 18.2 Å². The number of piperidine rings is 1. The molecule has 1 fully saturated rings. The number of rotatable bonds is 3. The summed E-state index contributed by atoms with van der Waals surface area (Å²) in [7, 11) is 0. The van der Waals surface area contributed by atoms with Crippen molar-refractivity contribution in [3.63, 3.8) is 0 Å². The van der Waals surface area contributed by atoms with E-state index >= 15 is 0 Å². The molecule has 2 nitrogen and oxygen atoms in total. The molecule has 3 atom stereocenters. The average Bonchev–Trinajstić information content (AvgIpc) is 2.37. The zero-order valence-electron chi connectivity index (χ0n) is 12.8. The van der Waals surface area contributed by atoms with E-state index in [1.807, 2.05) is 0 Å². The van der Waals surface area contributed by atoms with Crippen molar-refractivity contribution in [2.45, 2.75) is 65.1 Å². The monoisotopic (exact) mass is 260 g/mol. The summed E-state index contributed by atoms with van der Waals surface area (Å²) in [5, 5.41) is 0. The van der Waals surface area contributed by atoms with Crippen molar-refractivity contribution in [2.24, 2.45) is 5.73 Å². The van der Waals surface area contributed by atoms with Crippen molar-refractivity contribution in [1.29, 1.82) is 0 Å². The van der Waals surface area contributed by atoms with Gasteiger partial charge in [-0.3, -0.25) is 4.90 Å².